The van der Waals surface area contributed by atoms with Gasteiger partial charge in [-0.3, -0.25) is 0 Å². The number of thioether (sulfide) groups is 2. The maximum absolute atomic E-state index is 5.93. The quantitative estimate of drug-likeness (QED) is 0.481. The smallest absolute Gasteiger partial charge is 0.140 e. The first kappa shape index (κ1) is 17.3. The summed E-state index contributed by atoms with van der Waals surface area (Å²) in [5.41, 5.74) is 3.41. The second-order valence-corrected chi connectivity index (χ2v) is 9.67. The summed E-state index contributed by atoms with van der Waals surface area (Å²) in [5.74, 6) is 3.38. The third-order valence-electron chi connectivity index (χ3n) is 3.83. The molecule has 2 nitrogen and oxygen atoms in total. The predicted octanol–water partition coefficient (Wildman–Crippen LogP) is 6.52. The van der Waals surface area contributed by atoms with Crippen molar-refractivity contribution in [2.24, 2.45) is 0 Å². The topological polar surface area (TPSA) is 22.1 Å². The SMILES string of the molecule is Clc1ccc(-c2csc(COc3ccc(C4SCCS4)cc3)n2)cc1. The minimum atomic E-state index is 0.491. The number of halogens is 1. The molecule has 25 heavy (non-hydrogen) atoms. The Morgan fingerprint density at radius 3 is 2.44 bits per heavy atom. The lowest BCUT2D eigenvalue weighted by molar-refractivity contribution is 0.305. The van der Waals surface area contributed by atoms with Crippen LogP contribution >= 0.6 is 46.5 Å². The first-order valence-corrected chi connectivity index (χ1v) is 11.3. The molecule has 2 heterocycles. The maximum atomic E-state index is 5.93. The monoisotopic (exact) mass is 405 g/mol. The lowest BCUT2D eigenvalue weighted by atomic mass is 10.2. The van der Waals surface area contributed by atoms with E-state index < -0.39 is 0 Å². The minimum Gasteiger partial charge on any atom is -0.486 e. The molecule has 3 aromatic rings. The number of benzene rings is 2. The van der Waals surface area contributed by atoms with Crippen LogP contribution in [0.3, 0.4) is 0 Å². The predicted molar refractivity (Wildman–Crippen MR) is 111 cm³/mol. The van der Waals surface area contributed by atoms with Crippen molar-refractivity contribution in [1.82, 2.24) is 4.98 Å². The van der Waals surface area contributed by atoms with Crippen LogP contribution in [0.5, 0.6) is 5.75 Å². The Hall–Kier alpha value is -1.14. The Balaban J connectivity index is 1.37. The Morgan fingerprint density at radius 1 is 1.00 bits per heavy atom. The van der Waals surface area contributed by atoms with Gasteiger partial charge < -0.3 is 4.74 Å². The zero-order chi connectivity index (χ0) is 17.1. The average molecular weight is 406 g/mol. The summed E-state index contributed by atoms with van der Waals surface area (Å²) >= 11 is 11.6. The fraction of sp³-hybridized carbons (Fsp3) is 0.211. The van der Waals surface area contributed by atoms with Gasteiger partial charge in [0.1, 0.15) is 17.4 Å². The standard InChI is InChI=1S/C19H16ClNOS3/c20-15-5-1-13(2-6-15)17-12-25-18(21-17)11-22-16-7-3-14(4-8-16)19-23-9-10-24-19/h1-8,12,19H,9-11H2. The van der Waals surface area contributed by atoms with E-state index in [1.807, 2.05) is 47.8 Å². The lowest BCUT2D eigenvalue weighted by Gasteiger charge is -2.09. The molecule has 0 unspecified atom stereocenters. The van der Waals surface area contributed by atoms with Gasteiger partial charge in [-0.1, -0.05) is 35.9 Å². The van der Waals surface area contributed by atoms with Gasteiger partial charge in [-0.15, -0.1) is 34.9 Å². The highest BCUT2D eigenvalue weighted by Crippen LogP contribution is 2.45. The number of thiazole rings is 1. The van der Waals surface area contributed by atoms with Gasteiger partial charge in [-0.05, 0) is 29.8 Å². The van der Waals surface area contributed by atoms with Crippen molar-refractivity contribution in [2.45, 2.75) is 11.2 Å². The molecule has 0 saturated carbocycles. The minimum absolute atomic E-state index is 0.491. The molecule has 1 aliphatic heterocycles. The summed E-state index contributed by atoms with van der Waals surface area (Å²) in [6.45, 7) is 0.491. The molecule has 1 aliphatic rings. The molecule has 128 valence electrons. The Morgan fingerprint density at radius 2 is 1.72 bits per heavy atom. The first-order chi connectivity index (χ1) is 12.3. The van der Waals surface area contributed by atoms with Gasteiger partial charge >= 0.3 is 0 Å². The summed E-state index contributed by atoms with van der Waals surface area (Å²) in [4.78, 5) is 4.65. The van der Waals surface area contributed by atoms with Crippen LogP contribution in [-0.4, -0.2) is 16.5 Å². The fourth-order valence-electron chi connectivity index (χ4n) is 2.55. The van der Waals surface area contributed by atoms with E-state index in [1.54, 1.807) is 11.3 Å². The number of nitrogens with zero attached hydrogens (tertiary/aromatic N) is 1. The van der Waals surface area contributed by atoms with Crippen LogP contribution in [-0.2, 0) is 6.61 Å². The van der Waals surface area contributed by atoms with Crippen molar-refractivity contribution in [3.8, 4) is 17.0 Å². The molecule has 0 radical (unpaired) electrons. The Labute approximate surface area is 165 Å². The van der Waals surface area contributed by atoms with E-state index in [0.717, 1.165) is 27.0 Å². The summed E-state index contributed by atoms with van der Waals surface area (Å²) < 4.78 is 6.47. The third kappa shape index (κ3) is 4.34. The molecule has 0 N–H and O–H groups in total. The van der Waals surface area contributed by atoms with Crippen molar-refractivity contribution < 1.29 is 4.74 Å². The van der Waals surface area contributed by atoms with Crippen molar-refractivity contribution in [2.75, 3.05) is 11.5 Å². The van der Waals surface area contributed by atoms with Crippen LogP contribution in [0.25, 0.3) is 11.3 Å². The Bertz CT molecular complexity index is 827. The zero-order valence-electron chi connectivity index (χ0n) is 13.4. The van der Waals surface area contributed by atoms with E-state index in [4.69, 9.17) is 16.3 Å². The van der Waals surface area contributed by atoms with Crippen LogP contribution in [0.1, 0.15) is 15.2 Å². The molecule has 0 atom stereocenters. The number of ether oxygens (including phenoxy) is 1. The van der Waals surface area contributed by atoms with Gasteiger partial charge in [0.25, 0.3) is 0 Å². The lowest BCUT2D eigenvalue weighted by Crippen LogP contribution is -1.95. The van der Waals surface area contributed by atoms with Gasteiger partial charge in [0.15, 0.2) is 0 Å². The second-order valence-electron chi connectivity index (χ2n) is 5.56. The van der Waals surface area contributed by atoms with E-state index in [9.17, 15) is 0 Å². The van der Waals surface area contributed by atoms with Crippen LogP contribution < -0.4 is 4.74 Å². The van der Waals surface area contributed by atoms with Crippen LogP contribution in [0.15, 0.2) is 53.9 Å². The summed E-state index contributed by atoms with van der Waals surface area (Å²) in [7, 11) is 0. The third-order valence-corrected chi connectivity index (χ3v) is 8.01. The largest absolute Gasteiger partial charge is 0.486 e. The molecule has 4 rings (SSSR count). The van der Waals surface area contributed by atoms with Crippen LogP contribution in [0.2, 0.25) is 5.02 Å². The number of hydrogen-bond acceptors (Lipinski definition) is 5. The van der Waals surface area contributed by atoms with E-state index in [1.165, 1.54) is 17.1 Å². The van der Waals surface area contributed by atoms with E-state index in [2.05, 4.69) is 34.6 Å². The van der Waals surface area contributed by atoms with Gasteiger partial charge in [0.05, 0.1) is 10.3 Å². The van der Waals surface area contributed by atoms with Crippen molar-refractivity contribution in [3.63, 3.8) is 0 Å². The van der Waals surface area contributed by atoms with Crippen LogP contribution in [0, 0.1) is 0 Å². The molecule has 0 spiro atoms. The first-order valence-electron chi connectivity index (χ1n) is 7.94. The van der Waals surface area contributed by atoms with Crippen molar-refractivity contribution in [3.05, 3.63) is 69.5 Å². The van der Waals surface area contributed by atoms with E-state index in [-0.39, 0.29) is 0 Å². The molecule has 1 fully saturated rings. The van der Waals surface area contributed by atoms with Gasteiger partial charge in [-0.2, -0.15) is 0 Å². The molecular weight excluding hydrogens is 390 g/mol. The molecular formula is C19H16ClNOS3. The summed E-state index contributed by atoms with van der Waals surface area (Å²) in [5, 5.41) is 3.76. The summed E-state index contributed by atoms with van der Waals surface area (Å²) in [6.07, 6.45) is 0. The molecule has 2 aromatic carbocycles. The van der Waals surface area contributed by atoms with E-state index >= 15 is 0 Å². The molecule has 1 aromatic heterocycles. The molecule has 1 saturated heterocycles. The van der Waals surface area contributed by atoms with Crippen molar-refractivity contribution >= 4 is 46.5 Å². The highest BCUT2D eigenvalue weighted by atomic mass is 35.5. The normalized spacial score (nSPS) is 14.8. The maximum Gasteiger partial charge on any atom is 0.140 e. The molecule has 6 heteroatoms. The van der Waals surface area contributed by atoms with Gasteiger partial charge in [0.2, 0.25) is 0 Å². The number of aromatic nitrogens is 1. The number of rotatable bonds is 5. The Kier molecular flexibility index (Phi) is 5.56. The fourth-order valence-corrected chi connectivity index (χ4v) is 6.25. The second kappa shape index (κ2) is 8.04. The molecule has 0 aliphatic carbocycles. The van der Waals surface area contributed by atoms with Gasteiger partial charge in [-0.25, -0.2) is 4.98 Å². The van der Waals surface area contributed by atoms with Crippen molar-refractivity contribution in [1.29, 1.82) is 0 Å². The highest BCUT2D eigenvalue weighted by Gasteiger charge is 2.17. The molecule has 0 bridgehead atoms. The number of hydrogen-bond donors (Lipinski definition) is 0. The molecule has 0 amide bonds. The average Bonchev–Trinajstić information content (AvgIpc) is 3.33. The zero-order valence-corrected chi connectivity index (χ0v) is 16.6. The van der Waals surface area contributed by atoms with E-state index in [0.29, 0.717) is 11.2 Å². The summed E-state index contributed by atoms with van der Waals surface area (Å²) in [6, 6.07) is 16.2. The van der Waals surface area contributed by atoms with Gasteiger partial charge in [0, 0.05) is 27.5 Å². The van der Waals surface area contributed by atoms with Crippen LogP contribution in [0.4, 0.5) is 0 Å². The highest BCUT2D eigenvalue weighted by molar-refractivity contribution is 8.19.